The summed E-state index contributed by atoms with van der Waals surface area (Å²) in [5.74, 6) is 0. The van der Waals surface area contributed by atoms with Gasteiger partial charge >= 0.3 is 0 Å². The molecule has 72 valence electrons. The number of nitrogens with one attached hydrogen (secondary N) is 1. The molecular formula is C9H18FNO. The lowest BCUT2D eigenvalue weighted by molar-refractivity contribution is 0.171. The lowest BCUT2D eigenvalue weighted by Gasteiger charge is -2.14. The van der Waals surface area contributed by atoms with Crippen molar-refractivity contribution >= 4 is 0 Å². The van der Waals surface area contributed by atoms with Crippen LogP contribution in [-0.2, 0) is 4.74 Å². The summed E-state index contributed by atoms with van der Waals surface area (Å²) in [4.78, 5) is 0. The summed E-state index contributed by atoms with van der Waals surface area (Å²) in [6.07, 6.45) is 3.66. The number of methoxy groups -OCH3 is 1. The molecule has 0 radical (unpaired) electrons. The second kappa shape index (κ2) is 4.77. The normalized spacial score (nSPS) is 19.5. The van der Waals surface area contributed by atoms with Crippen LogP contribution in [0.3, 0.4) is 0 Å². The van der Waals surface area contributed by atoms with E-state index in [1.54, 1.807) is 7.11 Å². The second-order valence-electron chi connectivity index (χ2n) is 3.61. The van der Waals surface area contributed by atoms with E-state index in [2.05, 4.69) is 5.32 Å². The molecule has 0 spiro atoms. The molecule has 1 N–H and O–H groups in total. The van der Waals surface area contributed by atoms with Gasteiger partial charge in [0.25, 0.3) is 0 Å². The molecule has 1 aliphatic rings. The summed E-state index contributed by atoms with van der Waals surface area (Å²) in [5, 5.41) is 3.12. The molecule has 0 unspecified atom stereocenters. The van der Waals surface area contributed by atoms with Gasteiger partial charge in [0.05, 0.1) is 0 Å². The molecule has 0 aromatic heterocycles. The van der Waals surface area contributed by atoms with Crippen LogP contribution in [0.5, 0.6) is 0 Å². The van der Waals surface area contributed by atoms with Gasteiger partial charge in [-0.3, -0.25) is 0 Å². The molecule has 1 saturated carbocycles. The first-order valence-electron chi connectivity index (χ1n) is 4.59. The van der Waals surface area contributed by atoms with E-state index < -0.39 is 0 Å². The summed E-state index contributed by atoms with van der Waals surface area (Å²) in [5.41, 5.74) is 0.450. The minimum Gasteiger partial charge on any atom is -0.385 e. The molecule has 0 saturated heterocycles. The Morgan fingerprint density at radius 2 is 2.25 bits per heavy atom. The fraction of sp³-hybridized carbons (Fsp3) is 1.00. The molecule has 0 aliphatic heterocycles. The smallest absolute Gasteiger partial charge is 0.102 e. The zero-order chi connectivity index (χ0) is 8.86. The Balaban J connectivity index is 2.04. The number of ether oxygens (including phenoxy) is 1. The first kappa shape index (κ1) is 9.93. The Bertz CT molecular complexity index is 126. The van der Waals surface area contributed by atoms with Crippen LogP contribution in [0.4, 0.5) is 4.39 Å². The van der Waals surface area contributed by atoms with Gasteiger partial charge in [0, 0.05) is 26.8 Å². The molecule has 1 fully saturated rings. The van der Waals surface area contributed by atoms with Gasteiger partial charge in [0.1, 0.15) is 6.67 Å². The highest BCUT2D eigenvalue weighted by Crippen LogP contribution is 2.48. The molecule has 2 nitrogen and oxygen atoms in total. The Morgan fingerprint density at radius 1 is 1.50 bits per heavy atom. The van der Waals surface area contributed by atoms with Crippen LogP contribution >= 0.6 is 0 Å². The van der Waals surface area contributed by atoms with E-state index in [4.69, 9.17) is 4.74 Å². The van der Waals surface area contributed by atoms with Crippen LogP contribution < -0.4 is 5.32 Å². The van der Waals surface area contributed by atoms with Crippen LogP contribution in [0.25, 0.3) is 0 Å². The van der Waals surface area contributed by atoms with E-state index in [0.717, 1.165) is 19.6 Å². The van der Waals surface area contributed by atoms with E-state index in [0.29, 0.717) is 12.0 Å². The summed E-state index contributed by atoms with van der Waals surface area (Å²) < 4.78 is 16.8. The summed E-state index contributed by atoms with van der Waals surface area (Å²) in [6, 6.07) is 0. The average Bonchev–Trinajstić information content (AvgIpc) is 2.83. The van der Waals surface area contributed by atoms with E-state index in [1.807, 2.05) is 0 Å². The number of hydrogen-bond donors (Lipinski definition) is 1. The summed E-state index contributed by atoms with van der Waals surface area (Å²) >= 11 is 0. The van der Waals surface area contributed by atoms with Crippen molar-refractivity contribution in [1.82, 2.24) is 5.32 Å². The molecule has 1 aliphatic carbocycles. The van der Waals surface area contributed by atoms with E-state index in [-0.39, 0.29) is 6.67 Å². The standard InChI is InChI=1S/C9H18FNO/c1-12-7-4-9(2-3-9)8-11-6-5-10/h11H,2-8H2,1H3. The maximum atomic E-state index is 11.8. The predicted octanol–water partition coefficient (Wildman–Crippen LogP) is 1.36. The van der Waals surface area contributed by atoms with Crippen molar-refractivity contribution < 1.29 is 9.13 Å². The first-order valence-corrected chi connectivity index (χ1v) is 4.59. The highest BCUT2D eigenvalue weighted by atomic mass is 19.1. The molecule has 3 heteroatoms. The van der Waals surface area contributed by atoms with Gasteiger partial charge < -0.3 is 10.1 Å². The van der Waals surface area contributed by atoms with Gasteiger partial charge in [-0.25, -0.2) is 4.39 Å². The van der Waals surface area contributed by atoms with Crippen LogP contribution in [0.15, 0.2) is 0 Å². The monoisotopic (exact) mass is 175 g/mol. The van der Waals surface area contributed by atoms with Gasteiger partial charge in [-0.15, -0.1) is 0 Å². The molecule has 12 heavy (non-hydrogen) atoms. The average molecular weight is 175 g/mol. The first-order chi connectivity index (χ1) is 5.83. The summed E-state index contributed by atoms with van der Waals surface area (Å²) in [7, 11) is 1.73. The zero-order valence-electron chi connectivity index (χ0n) is 7.74. The third kappa shape index (κ3) is 3.07. The SMILES string of the molecule is COCCC1(CNCCF)CC1. The maximum Gasteiger partial charge on any atom is 0.102 e. The molecule has 0 heterocycles. The Labute approximate surface area is 73.5 Å². The van der Waals surface area contributed by atoms with Gasteiger partial charge in [0.15, 0.2) is 0 Å². The highest BCUT2D eigenvalue weighted by molar-refractivity contribution is 4.94. The van der Waals surface area contributed by atoms with Crippen LogP contribution in [0.2, 0.25) is 0 Å². The van der Waals surface area contributed by atoms with Gasteiger partial charge in [-0.1, -0.05) is 0 Å². The van der Waals surface area contributed by atoms with Gasteiger partial charge in [-0.2, -0.15) is 0 Å². The molecular weight excluding hydrogens is 157 g/mol. The quantitative estimate of drug-likeness (QED) is 0.590. The third-order valence-electron chi connectivity index (χ3n) is 2.56. The Hall–Kier alpha value is -0.150. The van der Waals surface area contributed by atoms with E-state index in [1.165, 1.54) is 12.8 Å². The Kier molecular flexibility index (Phi) is 3.95. The lowest BCUT2D eigenvalue weighted by atomic mass is 10.0. The molecule has 1 rings (SSSR count). The zero-order valence-corrected chi connectivity index (χ0v) is 7.74. The molecule has 0 amide bonds. The van der Waals surface area contributed by atoms with Crippen molar-refractivity contribution in [3.05, 3.63) is 0 Å². The fourth-order valence-corrected chi connectivity index (χ4v) is 1.43. The lowest BCUT2D eigenvalue weighted by Crippen LogP contribution is -2.26. The van der Waals surface area contributed by atoms with E-state index >= 15 is 0 Å². The van der Waals surface area contributed by atoms with Gasteiger partial charge in [0.2, 0.25) is 0 Å². The van der Waals surface area contributed by atoms with Crippen molar-refractivity contribution in [1.29, 1.82) is 0 Å². The van der Waals surface area contributed by atoms with Crippen molar-refractivity contribution in [2.45, 2.75) is 19.3 Å². The van der Waals surface area contributed by atoms with Crippen LogP contribution in [-0.4, -0.2) is 33.5 Å². The fourth-order valence-electron chi connectivity index (χ4n) is 1.43. The molecule has 0 bridgehead atoms. The van der Waals surface area contributed by atoms with Crippen molar-refractivity contribution in [3.8, 4) is 0 Å². The van der Waals surface area contributed by atoms with Gasteiger partial charge in [-0.05, 0) is 24.7 Å². The van der Waals surface area contributed by atoms with Crippen LogP contribution in [0.1, 0.15) is 19.3 Å². The molecule has 0 aromatic rings. The number of hydrogen-bond acceptors (Lipinski definition) is 2. The maximum absolute atomic E-state index is 11.8. The summed E-state index contributed by atoms with van der Waals surface area (Å²) in [6.45, 7) is 2.02. The Morgan fingerprint density at radius 3 is 2.75 bits per heavy atom. The van der Waals surface area contributed by atoms with Crippen LogP contribution in [0, 0.1) is 5.41 Å². The number of rotatable bonds is 7. The minimum atomic E-state index is -0.264. The minimum absolute atomic E-state index is 0.264. The predicted molar refractivity (Wildman–Crippen MR) is 47.0 cm³/mol. The number of halogens is 1. The topological polar surface area (TPSA) is 21.3 Å². The largest absolute Gasteiger partial charge is 0.385 e. The van der Waals surface area contributed by atoms with Crippen molar-refractivity contribution in [2.75, 3.05) is 33.5 Å². The number of alkyl halides is 1. The second-order valence-corrected chi connectivity index (χ2v) is 3.61. The third-order valence-corrected chi connectivity index (χ3v) is 2.56. The molecule has 0 aromatic carbocycles. The highest BCUT2D eigenvalue weighted by Gasteiger charge is 2.41. The van der Waals surface area contributed by atoms with Crippen molar-refractivity contribution in [2.24, 2.45) is 5.41 Å². The van der Waals surface area contributed by atoms with Crippen molar-refractivity contribution in [3.63, 3.8) is 0 Å². The molecule has 0 atom stereocenters. The van der Waals surface area contributed by atoms with E-state index in [9.17, 15) is 4.39 Å².